The largest absolute Gasteiger partial charge is 0.497 e. The van der Waals surface area contributed by atoms with Crippen LogP contribution in [0.1, 0.15) is 16.7 Å². The lowest BCUT2D eigenvalue weighted by Gasteiger charge is -2.19. The number of hydrogen-bond donors (Lipinski definition) is 0. The van der Waals surface area contributed by atoms with Gasteiger partial charge in [0.05, 0.1) is 19.3 Å². The van der Waals surface area contributed by atoms with E-state index >= 15 is 4.39 Å². The van der Waals surface area contributed by atoms with Crippen LogP contribution in [0.5, 0.6) is 17.2 Å². The van der Waals surface area contributed by atoms with Crippen molar-refractivity contribution in [2.75, 3.05) is 7.11 Å². The minimum atomic E-state index is -0.798. The van der Waals surface area contributed by atoms with Crippen molar-refractivity contribution in [3.63, 3.8) is 0 Å². The molecule has 0 atom stereocenters. The number of aryl methyl sites for hydroxylation is 3. The Kier molecular flexibility index (Phi) is 7.37. The molecule has 40 heavy (non-hydrogen) atoms. The van der Waals surface area contributed by atoms with Gasteiger partial charge in [-0.3, -0.25) is 18.7 Å². The smallest absolute Gasteiger partial charge is 0.337 e. The van der Waals surface area contributed by atoms with Crippen molar-refractivity contribution in [1.29, 1.82) is 0 Å². The molecule has 0 fully saturated rings. The zero-order valence-corrected chi connectivity index (χ0v) is 24.4. The standard InChI is InChI=1S/C30H25FIN3O5/c1-17-6-5-7-18(2)27(17)40-24-15-25(36)33(3)28-26(24)29(37)34(16-19-8-11-21(39-4)12-9-19)30(38)35(28)23-13-10-20(32)14-22(23)31/h5-15H,16H2,1-4H3. The van der Waals surface area contributed by atoms with Crippen LogP contribution in [0.2, 0.25) is 0 Å². The van der Waals surface area contributed by atoms with Gasteiger partial charge in [-0.2, -0.15) is 0 Å². The van der Waals surface area contributed by atoms with E-state index in [1.165, 1.54) is 25.2 Å². The van der Waals surface area contributed by atoms with Crippen LogP contribution in [0.3, 0.4) is 0 Å². The van der Waals surface area contributed by atoms with E-state index in [-0.39, 0.29) is 29.0 Å². The summed E-state index contributed by atoms with van der Waals surface area (Å²) in [5.41, 5.74) is 0.0697. The molecule has 3 aromatic carbocycles. The molecule has 2 aromatic heterocycles. The molecule has 5 rings (SSSR count). The summed E-state index contributed by atoms with van der Waals surface area (Å²) in [5, 5.41) is -0.0317. The maximum absolute atomic E-state index is 15.4. The molecule has 0 N–H and O–H groups in total. The van der Waals surface area contributed by atoms with Gasteiger partial charge in [-0.25, -0.2) is 13.8 Å². The first kappa shape index (κ1) is 27.4. The number of fused-ring (bicyclic) bond motifs is 1. The Morgan fingerprint density at radius 3 is 2.23 bits per heavy atom. The van der Waals surface area contributed by atoms with Crippen molar-refractivity contribution in [3.8, 4) is 22.9 Å². The predicted molar refractivity (Wildman–Crippen MR) is 160 cm³/mol. The molecular weight excluding hydrogens is 628 g/mol. The number of hydrogen-bond acceptors (Lipinski definition) is 5. The summed E-state index contributed by atoms with van der Waals surface area (Å²) >= 11 is 1.97. The van der Waals surface area contributed by atoms with Crippen molar-refractivity contribution in [2.45, 2.75) is 20.4 Å². The first-order valence-corrected chi connectivity index (χ1v) is 13.4. The number of para-hydroxylation sites is 1. The Morgan fingerprint density at radius 1 is 0.925 bits per heavy atom. The molecule has 204 valence electrons. The van der Waals surface area contributed by atoms with Gasteiger partial charge in [0.1, 0.15) is 34.1 Å². The second kappa shape index (κ2) is 10.8. The third-order valence-corrected chi connectivity index (χ3v) is 7.41. The fourth-order valence-corrected chi connectivity index (χ4v) is 5.10. The molecule has 0 aliphatic heterocycles. The summed E-state index contributed by atoms with van der Waals surface area (Å²) in [6.07, 6.45) is 0. The van der Waals surface area contributed by atoms with Gasteiger partial charge in [-0.15, -0.1) is 0 Å². The number of halogens is 2. The summed E-state index contributed by atoms with van der Waals surface area (Å²) in [5.74, 6) is 0.394. The van der Waals surface area contributed by atoms with Gasteiger partial charge in [0.15, 0.2) is 0 Å². The number of pyridine rings is 1. The monoisotopic (exact) mass is 653 g/mol. The number of nitrogens with zero attached hydrogens (tertiary/aromatic N) is 3. The molecule has 2 heterocycles. The third-order valence-electron chi connectivity index (χ3n) is 6.74. The van der Waals surface area contributed by atoms with Crippen LogP contribution in [0.15, 0.2) is 81.1 Å². The topological polar surface area (TPSA) is 84.5 Å². The molecule has 0 saturated carbocycles. The Labute approximate surface area is 242 Å². The molecule has 0 aliphatic rings. The van der Waals surface area contributed by atoms with Crippen LogP contribution in [-0.4, -0.2) is 20.8 Å². The number of benzene rings is 3. The fourth-order valence-electron chi connectivity index (χ4n) is 4.64. The maximum Gasteiger partial charge on any atom is 0.337 e. The molecule has 10 heteroatoms. The highest BCUT2D eigenvalue weighted by Gasteiger charge is 2.24. The van der Waals surface area contributed by atoms with E-state index in [1.807, 2.05) is 54.6 Å². The van der Waals surface area contributed by atoms with Crippen molar-refractivity contribution < 1.29 is 13.9 Å². The maximum atomic E-state index is 15.4. The van der Waals surface area contributed by atoms with E-state index in [9.17, 15) is 14.4 Å². The lowest BCUT2D eigenvalue weighted by molar-refractivity contribution is 0.414. The molecule has 0 radical (unpaired) electrons. The minimum Gasteiger partial charge on any atom is -0.497 e. The Hall–Kier alpha value is -4.19. The second-order valence-corrected chi connectivity index (χ2v) is 10.6. The van der Waals surface area contributed by atoms with Crippen molar-refractivity contribution in [1.82, 2.24) is 13.7 Å². The molecule has 0 unspecified atom stereocenters. The van der Waals surface area contributed by atoms with E-state index in [4.69, 9.17) is 9.47 Å². The van der Waals surface area contributed by atoms with Crippen LogP contribution in [0, 0.1) is 23.2 Å². The quantitative estimate of drug-likeness (QED) is 0.240. The molecule has 0 saturated heterocycles. The van der Waals surface area contributed by atoms with E-state index < -0.39 is 22.6 Å². The van der Waals surface area contributed by atoms with Crippen LogP contribution in [-0.2, 0) is 13.6 Å². The van der Waals surface area contributed by atoms with E-state index in [0.717, 1.165) is 24.8 Å². The first-order chi connectivity index (χ1) is 19.1. The fraction of sp³-hybridized carbons (Fsp3) is 0.167. The number of rotatable bonds is 6. The molecule has 0 bridgehead atoms. The highest BCUT2D eigenvalue weighted by Crippen LogP contribution is 2.31. The Balaban J connectivity index is 1.89. The third kappa shape index (κ3) is 4.83. The SMILES string of the molecule is COc1ccc(Cn2c(=O)c3c(Oc4c(C)cccc4C)cc(=O)n(C)c3n(-c3ccc(I)cc3F)c2=O)cc1. The zero-order chi connectivity index (χ0) is 28.7. The van der Waals surface area contributed by atoms with E-state index in [2.05, 4.69) is 0 Å². The molecule has 0 aliphatic carbocycles. The zero-order valence-electron chi connectivity index (χ0n) is 22.2. The number of aromatic nitrogens is 3. The van der Waals surface area contributed by atoms with Crippen LogP contribution in [0.4, 0.5) is 4.39 Å². The summed E-state index contributed by atoms with van der Waals surface area (Å²) in [6, 6.07) is 18.1. The van der Waals surface area contributed by atoms with E-state index in [1.54, 1.807) is 37.4 Å². The summed E-state index contributed by atoms with van der Waals surface area (Å²) in [4.78, 5) is 41.2. The summed E-state index contributed by atoms with van der Waals surface area (Å²) in [7, 11) is 2.97. The van der Waals surface area contributed by atoms with Crippen LogP contribution in [0.25, 0.3) is 16.7 Å². The summed E-state index contributed by atoms with van der Waals surface area (Å²) < 4.78 is 30.7. The first-order valence-electron chi connectivity index (χ1n) is 12.3. The second-order valence-electron chi connectivity index (χ2n) is 9.38. The van der Waals surface area contributed by atoms with Gasteiger partial charge >= 0.3 is 5.69 Å². The van der Waals surface area contributed by atoms with Gasteiger partial charge in [0.2, 0.25) is 0 Å². The lowest BCUT2D eigenvalue weighted by atomic mass is 10.1. The van der Waals surface area contributed by atoms with Crippen molar-refractivity contribution >= 4 is 33.6 Å². The van der Waals surface area contributed by atoms with Crippen LogP contribution < -0.4 is 26.3 Å². The molecule has 5 aromatic rings. The molecule has 0 spiro atoms. The van der Waals surface area contributed by atoms with Gasteiger partial charge in [0.25, 0.3) is 11.1 Å². The van der Waals surface area contributed by atoms with Gasteiger partial charge < -0.3 is 9.47 Å². The van der Waals surface area contributed by atoms with E-state index in [0.29, 0.717) is 20.6 Å². The Morgan fingerprint density at radius 2 is 1.60 bits per heavy atom. The highest BCUT2D eigenvalue weighted by atomic mass is 127. The van der Waals surface area contributed by atoms with Crippen molar-refractivity contribution in [3.05, 3.63) is 124 Å². The summed E-state index contributed by atoms with van der Waals surface area (Å²) in [6.45, 7) is 3.60. The average molecular weight is 653 g/mol. The number of methoxy groups -OCH3 is 1. The van der Waals surface area contributed by atoms with Gasteiger partial charge in [-0.1, -0.05) is 30.3 Å². The molecular formula is C30H25FIN3O5. The average Bonchev–Trinajstić information content (AvgIpc) is 2.92. The normalized spacial score (nSPS) is 11.2. The number of ether oxygens (including phenoxy) is 2. The van der Waals surface area contributed by atoms with Crippen molar-refractivity contribution in [2.24, 2.45) is 7.05 Å². The highest BCUT2D eigenvalue weighted by molar-refractivity contribution is 14.1. The van der Waals surface area contributed by atoms with Crippen LogP contribution >= 0.6 is 22.6 Å². The predicted octanol–water partition coefficient (Wildman–Crippen LogP) is 5.06. The molecule has 0 amide bonds. The Bertz CT molecular complexity index is 1940. The molecule has 8 nitrogen and oxygen atoms in total. The lowest BCUT2D eigenvalue weighted by Crippen LogP contribution is -2.42. The van der Waals surface area contributed by atoms with Gasteiger partial charge in [-0.05, 0) is 83.5 Å². The minimum absolute atomic E-state index is 0.0244. The van der Waals surface area contributed by atoms with Gasteiger partial charge in [0, 0.05) is 16.7 Å².